The molecule has 2 rings (SSSR count). The summed E-state index contributed by atoms with van der Waals surface area (Å²) in [6, 6.07) is 14.3. The highest BCUT2D eigenvalue weighted by Gasteiger charge is 2.27. The van der Waals surface area contributed by atoms with Crippen molar-refractivity contribution in [1.29, 1.82) is 0 Å². The van der Waals surface area contributed by atoms with Crippen molar-refractivity contribution in [2.75, 3.05) is 0 Å². The minimum absolute atomic E-state index is 0.142. The highest BCUT2D eigenvalue weighted by atomic mass is 17.1. The fourth-order valence-corrected chi connectivity index (χ4v) is 2.09. The standard InChI is InChI=1S/C15H18O2/c1-15(2,3)14(17-16)13-9-8-11-6-4-5-7-12(11)10-13/h4-10,14,16H,1-3H3. The van der Waals surface area contributed by atoms with Crippen LogP contribution in [0.3, 0.4) is 0 Å². The van der Waals surface area contributed by atoms with Gasteiger partial charge in [-0.3, -0.25) is 5.26 Å². The quantitative estimate of drug-likeness (QED) is 0.611. The monoisotopic (exact) mass is 230 g/mol. The second-order valence-electron chi connectivity index (χ2n) is 5.46. The van der Waals surface area contributed by atoms with Gasteiger partial charge in [-0.15, -0.1) is 0 Å². The van der Waals surface area contributed by atoms with Crippen LogP contribution >= 0.6 is 0 Å². The first-order chi connectivity index (χ1) is 8.02. The minimum atomic E-state index is -0.313. The fraction of sp³-hybridized carbons (Fsp3) is 0.333. The van der Waals surface area contributed by atoms with Crippen molar-refractivity contribution in [2.24, 2.45) is 5.41 Å². The molecule has 0 aliphatic rings. The molecule has 2 nitrogen and oxygen atoms in total. The molecule has 2 aromatic carbocycles. The first-order valence-corrected chi connectivity index (χ1v) is 5.81. The molecule has 1 N–H and O–H groups in total. The summed E-state index contributed by atoms with van der Waals surface area (Å²) in [6.45, 7) is 6.13. The third-order valence-electron chi connectivity index (χ3n) is 2.97. The van der Waals surface area contributed by atoms with E-state index in [0.29, 0.717) is 0 Å². The van der Waals surface area contributed by atoms with E-state index in [1.54, 1.807) is 0 Å². The molecule has 1 unspecified atom stereocenters. The van der Waals surface area contributed by atoms with Gasteiger partial charge in [0.2, 0.25) is 0 Å². The van der Waals surface area contributed by atoms with Gasteiger partial charge in [0.15, 0.2) is 0 Å². The molecule has 0 saturated carbocycles. The lowest BCUT2D eigenvalue weighted by atomic mass is 9.84. The second-order valence-corrected chi connectivity index (χ2v) is 5.46. The van der Waals surface area contributed by atoms with Crippen LogP contribution in [0.15, 0.2) is 42.5 Å². The van der Waals surface area contributed by atoms with Gasteiger partial charge in [0.25, 0.3) is 0 Å². The summed E-state index contributed by atoms with van der Waals surface area (Å²) in [7, 11) is 0. The van der Waals surface area contributed by atoms with Crippen molar-refractivity contribution in [3.8, 4) is 0 Å². The number of benzene rings is 2. The van der Waals surface area contributed by atoms with Crippen LogP contribution in [0.1, 0.15) is 32.4 Å². The molecule has 2 aromatic rings. The Hall–Kier alpha value is -1.38. The molecule has 1 atom stereocenters. The second kappa shape index (κ2) is 4.47. The zero-order valence-corrected chi connectivity index (χ0v) is 10.5. The van der Waals surface area contributed by atoms with Crippen molar-refractivity contribution in [2.45, 2.75) is 26.9 Å². The maximum atomic E-state index is 9.09. The third-order valence-corrected chi connectivity index (χ3v) is 2.97. The molecule has 0 heterocycles. The van der Waals surface area contributed by atoms with Gasteiger partial charge in [-0.2, -0.15) is 0 Å². The van der Waals surface area contributed by atoms with Gasteiger partial charge in [-0.05, 0) is 27.8 Å². The van der Waals surface area contributed by atoms with E-state index < -0.39 is 0 Å². The summed E-state index contributed by atoms with van der Waals surface area (Å²) < 4.78 is 0. The Morgan fingerprint density at radius 3 is 2.24 bits per heavy atom. The summed E-state index contributed by atoms with van der Waals surface area (Å²) in [5.74, 6) is 0. The average Bonchev–Trinajstić information content (AvgIpc) is 2.28. The third kappa shape index (κ3) is 2.48. The van der Waals surface area contributed by atoms with Crippen molar-refractivity contribution >= 4 is 10.8 Å². The van der Waals surface area contributed by atoms with E-state index in [9.17, 15) is 0 Å². The van der Waals surface area contributed by atoms with E-state index in [1.807, 2.05) is 39.0 Å². The minimum Gasteiger partial charge on any atom is -0.251 e. The van der Waals surface area contributed by atoms with Gasteiger partial charge in [-0.1, -0.05) is 57.2 Å². The van der Waals surface area contributed by atoms with Gasteiger partial charge < -0.3 is 0 Å². The first kappa shape index (κ1) is 12.1. The van der Waals surface area contributed by atoms with Crippen LogP contribution in [0.4, 0.5) is 0 Å². The zero-order chi connectivity index (χ0) is 12.5. The van der Waals surface area contributed by atoms with Crippen molar-refractivity contribution in [1.82, 2.24) is 0 Å². The largest absolute Gasteiger partial charge is 0.251 e. The Kier molecular flexibility index (Phi) is 3.18. The van der Waals surface area contributed by atoms with Crippen LogP contribution < -0.4 is 0 Å². The summed E-state index contributed by atoms with van der Waals surface area (Å²) in [5.41, 5.74) is 0.857. The molecule has 0 radical (unpaired) electrons. The molecular formula is C15H18O2. The Bertz CT molecular complexity index is 512. The molecule has 2 heteroatoms. The van der Waals surface area contributed by atoms with E-state index in [4.69, 9.17) is 5.26 Å². The van der Waals surface area contributed by atoms with Gasteiger partial charge in [0.1, 0.15) is 6.10 Å². The lowest BCUT2D eigenvalue weighted by Gasteiger charge is -2.28. The molecule has 17 heavy (non-hydrogen) atoms. The smallest absolute Gasteiger partial charge is 0.122 e. The van der Waals surface area contributed by atoms with Crippen LogP contribution in [0.25, 0.3) is 10.8 Å². The fourth-order valence-electron chi connectivity index (χ4n) is 2.09. The van der Waals surface area contributed by atoms with Gasteiger partial charge in [0.05, 0.1) is 0 Å². The number of fused-ring (bicyclic) bond motifs is 1. The Morgan fingerprint density at radius 1 is 1.00 bits per heavy atom. The highest BCUT2D eigenvalue weighted by molar-refractivity contribution is 5.83. The first-order valence-electron chi connectivity index (χ1n) is 5.81. The molecular weight excluding hydrogens is 212 g/mol. The maximum absolute atomic E-state index is 9.09. The van der Waals surface area contributed by atoms with Crippen molar-refractivity contribution in [3.05, 3.63) is 48.0 Å². The molecule has 0 saturated heterocycles. The molecule has 0 bridgehead atoms. The van der Waals surface area contributed by atoms with E-state index in [1.165, 1.54) is 5.39 Å². The normalized spacial score (nSPS) is 13.9. The topological polar surface area (TPSA) is 29.5 Å². The molecule has 90 valence electrons. The number of rotatable bonds is 2. The van der Waals surface area contributed by atoms with Crippen LogP contribution in [-0.2, 0) is 4.89 Å². The number of hydrogen-bond acceptors (Lipinski definition) is 2. The van der Waals surface area contributed by atoms with Crippen molar-refractivity contribution < 1.29 is 10.1 Å². The van der Waals surface area contributed by atoms with E-state index in [-0.39, 0.29) is 11.5 Å². The molecule has 0 amide bonds. The summed E-state index contributed by atoms with van der Waals surface area (Å²) in [4.78, 5) is 4.65. The maximum Gasteiger partial charge on any atom is 0.122 e. The average molecular weight is 230 g/mol. The summed E-state index contributed by atoms with van der Waals surface area (Å²) in [5, 5.41) is 11.4. The Morgan fingerprint density at radius 2 is 1.65 bits per heavy atom. The van der Waals surface area contributed by atoms with Crippen molar-refractivity contribution in [3.63, 3.8) is 0 Å². The van der Waals surface area contributed by atoms with Gasteiger partial charge in [-0.25, -0.2) is 4.89 Å². The predicted molar refractivity (Wildman–Crippen MR) is 69.9 cm³/mol. The molecule has 0 aliphatic carbocycles. The lowest BCUT2D eigenvalue weighted by Crippen LogP contribution is -2.20. The summed E-state index contributed by atoms with van der Waals surface area (Å²) >= 11 is 0. The van der Waals surface area contributed by atoms with Crippen LogP contribution in [0.5, 0.6) is 0 Å². The van der Waals surface area contributed by atoms with Crippen LogP contribution in [-0.4, -0.2) is 5.26 Å². The van der Waals surface area contributed by atoms with E-state index >= 15 is 0 Å². The molecule has 0 fully saturated rings. The van der Waals surface area contributed by atoms with Crippen LogP contribution in [0.2, 0.25) is 0 Å². The highest BCUT2D eigenvalue weighted by Crippen LogP contribution is 2.36. The van der Waals surface area contributed by atoms with Gasteiger partial charge in [0, 0.05) is 0 Å². The molecule has 0 aromatic heterocycles. The number of hydrogen-bond donors (Lipinski definition) is 1. The Balaban J connectivity index is 2.48. The molecule has 0 spiro atoms. The SMILES string of the molecule is CC(C)(C)C(OO)c1ccc2ccccc2c1. The van der Waals surface area contributed by atoms with Crippen LogP contribution in [0, 0.1) is 5.41 Å². The summed E-state index contributed by atoms with van der Waals surface area (Å²) in [6.07, 6.45) is -0.313. The van der Waals surface area contributed by atoms with E-state index in [0.717, 1.165) is 10.9 Å². The molecule has 0 aliphatic heterocycles. The van der Waals surface area contributed by atoms with Gasteiger partial charge >= 0.3 is 0 Å². The Labute approximate surface area is 102 Å². The lowest BCUT2D eigenvalue weighted by molar-refractivity contribution is -0.303. The predicted octanol–water partition coefficient (Wildman–Crippen LogP) is 4.42. The van der Waals surface area contributed by atoms with E-state index in [2.05, 4.69) is 29.2 Å². The zero-order valence-electron chi connectivity index (χ0n) is 10.5.